The first-order valence-corrected chi connectivity index (χ1v) is 5.20. The summed E-state index contributed by atoms with van der Waals surface area (Å²) in [6.45, 7) is 7.24. The summed E-state index contributed by atoms with van der Waals surface area (Å²) in [6, 6.07) is 0. The lowest BCUT2D eigenvalue weighted by atomic mass is 9.95. The lowest BCUT2D eigenvalue weighted by Gasteiger charge is -2.10. The monoisotopic (exact) mass is 152 g/mol. The molecule has 0 aromatic rings. The molecule has 2 fully saturated rings. The third-order valence-corrected chi connectivity index (χ3v) is 3.79. The highest BCUT2D eigenvalue weighted by molar-refractivity contribution is 4.96. The maximum atomic E-state index is 2.48. The van der Waals surface area contributed by atoms with Gasteiger partial charge in [0, 0.05) is 0 Å². The van der Waals surface area contributed by atoms with Crippen molar-refractivity contribution in [2.24, 2.45) is 29.6 Å². The van der Waals surface area contributed by atoms with Gasteiger partial charge in [-0.3, -0.25) is 0 Å². The Kier molecular flexibility index (Phi) is 1.74. The van der Waals surface area contributed by atoms with E-state index in [0.717, 1.165) is 29.6 Å². The van der Waals surface area contributed by atoms with Gasteiger partial charge in [-0.25, -0.2) is 0 Å². The third kappa shape index (κ3) is 1.45. The van der Waals surface area contributed by atoms with Crippen LogP contribution in [-0.2, 0) is 0 Å². The molecule has 0 aromatic carbocycles. The van der Waals surface area contributed by atoms with E-state index >= 15 is 0 Å². The quantitative estimate of drug-likeness (QED) is 0.582. The van der Waals surface area contributed by atoms with Gasteiger partial charge in [0.2, 0.25) is 0 Å². The summed E-state index contributed by atoms with van der Waals surface area (Å²) in [4.78, 5) is 0. The van der Waals surface area contributed by atoms with Gasteiger partial charge in [0.25, 0.3) is 0 Å². The first kappa shape index (κ1) is 7.64. The minimum Gasteiger partial charge on any atom is -0.0625 e. The van der Waals surface area contributed by atoms with Crippen LogP contribution in [0, 0.1) is 29.6 Å². The average Bonchev–Trinajstić information content (AvgIpc) is 2.83. The average molecular weight is 152 g/mol. The molecule has 64 valence electrons. The maximum Gasteiger partial charge on any atom is -0.0352 e. The summed E-state index contributed by atoms with van der Waals surface area (Å²) in [7, 11) is 0. The molecule has 0 bridgehead atoms. The third-order valence-electron chi connectivity index (χ3n) is 3.79. The van der Waals surface area contributed by atoms with Crippen molar-refractivity contribution in [3.63, 3.8) is 0 Å². The summed E-state index contributed by atoms with van der Waals surface area (Å²) in [5.74, 6) is 5.33. The lowest BCUT2D eigenvalue weighted by Crippen LogP contribution is -2.04. The zero-order valence-electron chi connectivity index (χ0n) is 8.01. The van der Waals surface area contributed by atoms with Gasteiger partial charge >= 0.3 is 0 Å². The van der Waals surface area contributed by atoms with Crippen molar-refractivity contribution in [1.82, 2.24) is 0 Å². The van der Waals surface area contributed by atoms with Crippen molar-refractivity contribution in [1.29, 1.82) is 0 Å². The second kappa shape index (κ2) is 2.50. The molecule has 3 unspecified atom stereocenters. The van der Waals surface area contributed by atoms with Crippen LogP contribution in [0.25, 0.3) is 0 Å². The fraction of sp³-hybridized carbons (Fsp3) is 1.00. The van der Waals surface area contributed by atoms with Crippen LogP contribution in [0.5, 0.6) is 0 Å². The molecule has 0 heterocycles. The number of hydrogen-bond donors (Lipinski definition) is 0. The molecule has 0 amide bonds. The first-order chi connectivity index (χ1) is 5.20. The van der Waals surface area contributed by atoms with Gasteiger partial charge in [-0.1, -0.05) is 20.8 Å². The second-order valence-electron chi connectivity index (χ2n) is 5.00. The van der Waals surface area contributed by atoms with E-state index in [1.807, 2.05) is 0 Å². The molecule has 0 heteroatoms. The number of rotatable bonds is 3. The van der Waals surface area contributed by atoms with Crippen molar-refractivity contribution in [2.75, 3.05) is 0 Å². The molecule has 2 saturated carbocycles. The zero-order valence-corrected chi connectivity index (χ0v) is 8.01. The number of hydrogen-bond acceptors (Lipinski definition) is 0. The molecule has 0 aliphatic heterocycles. The van der Waals surface area contributed by atoms with Crippen LogP contribution in [0.1, 0.15) is 40.0 Å². The van der Waals surface area contributed by atoms with Gasteiger partial charge in [0.05, 0.1) is 0 Å². The molecule has 11 heavy (non-hydrogen) atoms. The lowest BCUT2D eigenvalue weighted by molar-refractivity contribution is 0.387. The molecule has 0 aromatic heterocycles. The largest absolute Gasteiger partial charge is 0.0625 e. The van der Waals surface area contributed by atoms with Gasteiger partial charge in [0.1, 0.15) is 0 Å². The van der Waals surface area contributed by atoms with Gasteiger partial charge in [-0.2, -0.15) is 0 Å². The van der Waals surface area contributed by atoms with E-state index < -0.39 is 0 Å². The Bertz CT molecular complexity index is 144. The minimum atomic E-state index is 0.946. The first-order valence-electron chi connectivity index (χ1n) is 5.20. The van der Waals surface area contributed by atoms with Gasteiger partial charge in [-0.05, 0) is 48.9 Å². The van der Waals surface area contributed by atoms with Crippen molar-refractivity contribution in [2.45, 2.75) is 40.0 Å². The maximum absolute atomic E-state index is 2.48. The van der Waals surface area contributed by atoms with Crippen LogP contribution >= 0.6 is 0 Å². The summed E-state index contributed by atoms with van der Waals surface area (Å²) in [5.41, 5.74) is 0. The van der Waals surface area contributed by atoms with E-state index in [1.54, 1.807) is 0 Å². The fourth-order valence-electron chi connectivity index (χ4n) is 2.58. The molecular formula is C11H20. The molecular weight excluding hydrogens is 132 g/mol. The summed E-state index contributed by atoms with van der Waals surface area (Å²) >= 11 is 0. The van der Waals surface area contributed by atoms with Crippen LogP contribution in [0.3, 0.4) is 0 Å². The van der Waals surface area contributed by atoms with E-state index in [0.29, 0.717) is 0 Å². The summed E-state index contributed by atoms with van der Waals surface area (Å²) in [6.07, 6.45) is 4.60. The molecule has 3 atom stereocenters. The van der Waals surface area contributed by atoms with E-state index in [-0.39, 0.29) is 0 Å². The molecule has 0 nitrogen and oxygen atoms in total. The second-order valence-corrected chi connectivity index (χ2v) is 5.00. The van der Waals surface area contributed by atoms with Crippen molar-refractivity contribution >= 4 is 0 Å². The van der Waals surface area contributed by atoms with Crippen LogP contribution in [0.4, 0.5) is 0 Å². The summed E-state index contributed by atoms with van der Waals surface area (Å²) in [5, 5.41) is 0. The normalized spacial score (nSPS) is 39.3. The van der Waals surface area contributed by atoms with Gasteiger partial charge < -0.3 is 0 Å². The molecule has 2 aliphatic carbocycles. The molecule has 0 radical (unpaired) electrons. The SMILES string of the molecule is CC(C)C1CC1C(C)C1CC1. The minimum absolute atomic E-state index is 0.946. The molecule has 2 rings (SSSR count). The highest BCUT2D eigenvalue weighted by atomic mass is 14.5. The van der Waals surface area contributed by atoms with Crippen LogP contribution in [-0.4, -0.2) is 0 Å². The van der Waals surface area contributed by atoms with E-state index in [1.165, 1.54) is 19.3 Å². The van der Waals surface area contributed by atoms with Crippen LogP contribution < -0.4 is 0 Å². The van der Waals surface area contributed by atoms with Crippen LogP contribution in [0.15, 0.2) is 0 Å². The topological polar surface area (TPSA) is 0 Å². The Morgan fingerprint density at radius 3 is 2.00 bits per heavy atom. The molecule has 0 saturated heterocycles. The zero-order chi connectivity index (χ0) is 8.01. The molecule has 0 N–H and O–H groups in total. The van der Waals surface area contributed by atoms with Crippen LogP contribution in [0.2, 0.25) is 0 Å². The van der Waals surface area contributed by atoms with Crippen molar-refractivity contribution in [3.05, 3.63) is 0 Å². The van der Waals surface area contributed by atoms with E-state index in [9.17, 15) is 0 Å². The van der Waals surface area contributed by atoms with Gasteiger partial charge in [-0.15, -0.1) is 0 Å². The Labute approximate surface area is 70.4 Å². The molecule has 0 spiro atoms. The fourth-order valence-corrected chi connectivity index (χ4v) is 2.58. The Morgan fingerprint density at radius 2 is 1.64 bits per heavy atom. The summed E-state index contributed by atoms with van der Waals surface area (Å²) < 4.78 is 0. The molecule has 2 aliphatic rings. The van der Waals surface area contributed by atoms with E-state index in [4.69, 9.17) is 0 Å². The Hall–Kier alpha value is 0. The predicted octanol–water partition coefficient (Wildman–Crippen LogP) is 3.32. The smallest absolute Gasteiger partial charge is 0.0352 e. The predicted molar refractivity (Wildman–Crippen MR) is 48.3 cm³/mol. The highest BCUT2D eigenvalue weighted by Crippen LogP contribution is 2.55. The highest BCUT2D eigenvalue weighted by Gasteiger charge is 2.47. The Morgan fingerprint density at radius 1 is 1.00 bits per heavy atom. The van der Waals surface area contributed by atoms with E-state index in [2.05, 4.69) is 20.8 Å². The Balaban J connectivity index is 1.80. The standard InChI is InChI=1S/C11H20/c1-7(2)10-6-11(10)8(3)9-4-5-9/h7-11H,4-6H2,1-3H3. The van der Waals surface area contributed by atoms with Gasteiger partial charge in [0.15, 0.2) is 0 Å². The van der Waals surface area contributed by atoms with Crippen molar-refractivity contribution < 1.29 is 0 Å². The van der Waals surface area contributed by atoms with Crippen molar-refractivity contribution in [3.8, 4) is 0 Å².